The molecule has 170 valence electrons. The van der Waals surface area contributed by atoms with Crippen LogP contribution in [0.5, 0.6) is 5.75 Å². The summed E-state index contributed by atoms with van der Waals surface area (Å²) >= 11 is 0. The number of carbonyl (C=O) groups is 2. The van der Waals surface area contributed by atoms with E-state index in [1.54, 1.807) is 6.20 Å². The Labute approximate surface area is 179 Å². The van der Waals surface area contributed by atoms with Gasteiger partial charge in [-0.05, 0) is 30.2 Å². The monoisotopic (exact) mass is 452 g/mol. The lowest BCUT2D eigenvalue weighted by atomic mass is 10.0. The van der Waals surface area contributed by atoms with Gasteiger partial charge >= 0.3 is 12.6 Å². The van der Waals surface area contributed by atoms with Gasteiger partial charge in [-0.25, -0.2) is 13.9 Å². The fraction of sp³-hybridized carbons (Fsp3) is 0.300. The van der Waals surface area contributed by atoms with Crippen LogP contribution in [0.3, 0.4) is 0 Å². The molecule has 0 radical (unpaired) electrons. The third-order valence-electron chi connectivity index (χ3n) is 4.38. The number of furan rings is 1. The lowest BCUT2D eigenvalue weighted by Crippen LogP contribution is -2.32. The van der Waals surface area contributed by atoms with Gasteiger partial charge in [-0.2, -0.15) is 8.78 Å². The minimum absolute atomic E-state index is 0.108. The first-order chi connectivity index (χ1) is 15.1. The number of halogens is 3. The summed E-state index contributed by atoms with van der Waals surface area (Å²) in [7, 11) is 0. The first-order valence-corrected chi connectivity index (χ1v) is 9.40. The van der Waals surface area contributed by atoms with Gasteiger partial charge in [0.05, 0.1) is 12.2 Å². The number of amides is 1. The third kappa shape index (κ3) is 5.65. The summed E-state index contributed by atoms with van der Waals surface area (Å²) in [6, 6.07) is 4.84. The molecular weight excluding hydrogens is 433 g/mol. The number of rotatable bonds is 9. The molecule has 0 spiro atoms. The molecule has 1 unspecified atom stereocenters. The van der Waals surface area contributed by atoms with Crippen molar-refractivity contribution in [2.75, 3.05) is 0 Å². The highest BCUT2D eigenvalue weighted by Gasteiger charge is 2.23. The van der Waals surface area contributed by atoms with Gasteiger partial charge < -0.3 is 19.6 Å². The van der Waals surface area contributed by atoms with Crippen LogP contribution in [0.2, 0.25) is 0 Å². The van der Waals surface area contributed by atoms with Crippen LogP contribution < -0.4 is 10.1 Å². The van der Waals surface area contributed by atoms with E-state index in [1.165, 1.54) is 16.8 Å². The molecule has 0 aliphatic heterocycles. The van der Waals surface area contributed by atoms with Crippen molar-refractivity contribution in [3.05, 3.63) is 65.1 Å². The molecule has 1 amide bonds. The first-order valence-electron chi connectivity index (χ1n) is 9.40. The van der Waals surface area contributed by atoms with Crippen LogP contribution in [-0.2, 0) is 6.54 Å². The Morgan fingerprint density at radius 1 is 1.25 bits per heavy atom. The fourth-order valence-electron chi connectivity index (χ4n) is 2.94. The van der Waals surface area contributed by atoms with Crippen molar-refractivity contribution >= 4 is 11.9 Å². The summed E-state index contributed by atoms with van der Waals surface area (Å²) in [5.74, 6) is -3.31. The van der Waals surface area contributed by atoms with Crippen LogP contribution in [-0.4, -0.2) is 38.6 Å². The van der Waals surface area contributed by atoms with Gasteiger partial charge in [0.1, 0.15) is 29.6 Å². The number of carboxylic acids is 1. The highest BCUT2D eigenvalue weighted by atomic mass is 19.3. The van der Waals surface area contributed by atoms with Crippen molar-refractivity contribution in [3.8, 4) is 5.75 Å². The molecule has 12 heteroatoms. The summed E-state index contributed by atoms with van der Waals surface area (Å²) in [6.07, 6.45) is 1.55. The van der Waals surface area contributed by atoms with Crippen molar-refractivity contribution in [3.63, 3.8) is 0 Å². The van der Waals surface area contributed by atoms with Gasteiger partial charge in [0.15, 0.2) is 0 Å². The Morgan fingerprint density at radius 3 is 2.62 bits per heavy atom. The number of nitrogens with zero attached hydrogens (tertiary/aromatic N) is 3. The summed E-state index contributed by atoms with van der Waals surface area (Å²) in [5, 5.41) is 19.6. The molecule has 2 N–H and O–H groups in total. The fourth-order valence-corrected chi connectivity index (χ4v) is 2.94. The van der Waals surface area contributed by atoms with Gasteiger partial charge in [-0.3, -0.25) is 4.79 Å². The maximum Gasteiger partial charge on any atom is 0.387 e. The quantitative estimate of drug-likeness (QED) is 0.510. The zero-order valence-electron chi connectivity index (χ0n) is 17.0. The molecule has 0 bridgehead atoms. The second-order valence-corrected chi connectivity index (χ2v) is 7.16. The number of benzene rings is 1. The molecule has 2 aromatic heterocycles. The van der Waals surface area contributed by atoms with E-state index in [0.717, 1.165) is 18.2 Å². The molecule has 0 aliphatic rings. The van der Waals surface area contributed by atoms with Crippen LogP contribution >= 0.6 is 0 Å². The van der Waals surface area contributed by atoms with E-state index in [9.17, 15) is 22.8 Å². The van der Waals surface area contributed by atoms with Crippen LogP contribution in [0.25, 0.3) is 0 Å². The standard InChI is InChI=1S/C20H19F3N4O5/c1-10(2)17(24-18(28)11-5-12(21)7-14(6-11)32-20(22)23)15-9-27(26-25-15)8-13-3-4-16(31-13)19(29)30/h3-7,9-10,17,20H,8H2,1-2H3,(H,24,28)(H,29,30). The molecule has 32 heavy (non-hydrogen) atoms. The third-order valence-corrected chi connectivity index (χ3v) is 4.38. The van der Waals surface area contributed by atoms with Gasteiger partial charge in [0.2, 0.25) is 5.76 Å². The first kappa shape index (κ1) is 22.8. The summed E-state index contributed by atoms with van der Waals surface area (Å²) in [4.78, 5) is 23.6. The van der Waals surface area contributed by atoms with Crippen LogP contribution in [0, 0.1) is 11.7 Å². The number of aromatic nitrogens is 3. The molecule has 0 aliphatic carbocycles. The van der Waals surface area contributed by atoms with Crippen molar-refractivity contribution < 1.29 is 37.0 Å². The molecular formula is C20H19F3N4O5. The van der Waals surface area contributed by atoms with E-state index in [2.05, 4.69) is 20.4 Å². The van der Waals surface area contributed by atoms with E-state index < -0.39 is 36.1 Å². The van der Waals surface area contributed by atoms with E-state index in [0.29, 0.717) is 11.5 Å². The summed E-state index contributed by atoms with van der Waals surface area (Å²) < 4.78 is 49.3. The zero-order chi connectivity index (χ0) is 23.4. The minimum Gasteiger partial charge on any atom is -0.475 e. The highest BCUT2D eigenvalue weighted by molar-refractivity contribution is 5.94. The maximum atomic E-state index is 13.7. The van der Waals surface area contributed by atoms with Crippen molar-refractivity contribution in [1.29, 1.82) is 0 Å². The van der Waals surface area contributed by atoms with Crippen LogP contribution in [0.4, 0.5) is 13.2 Å². The average molecular weight is 452 g/mol. The number of aromatic carboxylic acids is 1. The molecule has 2 heterocycles. The van der Waals surface area contributed by atoms with Gasteiger partial charge in [-0.1, -0.05) is 19.1 Å². The lowest BCUT2D eigenvalue weighted by Gasteiger charge is -2.20. The van der Waals surface area contributed by atoms with Crippen molar-refractivity contribution in [1.82, 2.24) is 20.3 Å². The summed E-state index contributed by atoms with van der Waals surface area (Å²) in [5.41, 5.74) is 0.189. The van der Waals surface area contributed by atoms with E-state index in [4.69, 9.17) is 9.52 Å². The van der Waals surface area contributed by atoms with Crippen LogP contribution in [0.15, 0.2) is 40.9 Å². The van der Waals surface area contributed by atoms with E-state index in [-0.39, 0.29) is 23.8 Å². The number of carboxylic acid groups (broad SMARTS) is 1. The Morgan fingerprint density at radius 2 is 2.00 bits per heavy atom. The normalized spacial score (nSPS) is 12.2. The van der Waals surface area contributed by atoms with E-state index >= 15 is 0 Å². The molecule has 3 rings (SSSR count). The summed E-state index contributed by atoms with van der Waals surface area (Å²) in [6.45, 7) is 0.572. The van der Waals surface area contributed by atoms with E-state index in [1.807, 2.05) is 13.8 Å². The molecule has 3 aromatic rings. The smallest absolute Gasteiger partial charge is 0.387 e. The Kier molecular flexibility index (Phi) is 6.81. The maximum absolute atomic E-state index is 13.7. The van der Waals surface area contributed by atoms with Crippen molar-refractivity contribution in [2.24, 2.45) is 5.92 Å². The molecule has 9 nitrogen and oxygen atoms in total. The number of nitrogens with one attached hydrogen (secondary N) is 1. The number of carbonyl (C=O) groups excluding carboxylic acids is 1. The predicted octanol–water partition coefficient (Wildman–Crippen LogP) is 3.49. The molecule has 0 fully saturated rings. The second-order valence-electron chi connectivity index (χ2n) is 7.16. The topological polar surface area (TPSA) is 119 Å². The number of ether oxygens (including phenoxy) is 1. The van der Waals surface area contributed by atoms with Gasteiger partial charge in [0, 0.05) is 11.6 Å². The van der Waals surface area contributed by atoms with Crippen LogP contribution in [0.1, 0.15) is 52.3 Å². The lowest BCUT2D eigenvalue weighted by molar-refractivity contribution is -0.0500. The average Bonchev–Trinajstić information content (AvgIpc) is 3.34. The van der Waals surface area contributed by atoms with Gasteiger partial charge in [-0.15, -0.1) is 5.10 Å². The van der Waals surface area contributed by atoms with Gasteiger partial charge in [0.25, 0.3) is 5.91 Å². The number of hydrogen-bond acceptors (Lipinski definition) is 6. The Bertz CT molecular complexity index is 1110. The zero-order valence-corrected chi connectivity index (χ0v) is 17.0. The highest BCUT2D eigenvalue weighted by Crippen LogP contribution is 2.23. The Hall–Kier alpha value is -3.83. The predicted molar refractivity (Wildman–Crippen MR) is 103 cm³/mol. The number of hydrogen-bond donors (Lipinski definition) is 2. The molecule has 1 atom stereocenters. The molecule has 0 saturated carbocycles. The number of alkyl halides is 2. The second kappa shape index (κ2) is 9.54. The molecule has 0 saturated heterocycles. The van der Waals surface area contributed by atoms with Crippen molar-refractivity contribution in [2.45, 2.75) is 33.0 Å². The largest absolute Gasteiger partial charge is 0.475 e. The SMILES string of the molecule is CC(C)C(NC(=O)c1cc(F)cc(OC(F)F)c1)c1cn(Cc2ccc(C(=O)O)o2)nn1. The molecule has 1 aromatic carbocycles. The minimum atomic E-state index is -3.16. The Balaban J connectivity index is 1.75.